The molecule has 1 aromatic carbocycles. The van der Waals surface area contributed by atoms with Gasteiger partial charge < -0.3 is 10.2 Å². The van der Waals surface area contributed by atoms with Crippen molar-refractivity contribution in [1.82, 2.24) is 5.32 Å². The highest BCUT2D eigenvalue weighted by atomic mass is 15.1. The summed E-state index contributed by atoms with van der Waals surface area (Å²) in [5.74, 6) is 0. The van der Waals surface area contributed by atoms with Crippen molar-refractivity contribution in [2.45, 2.75) is 52.5 Å². The number of anilines is 1. The number of para-hydroxylation sites is 1. The molecule has 1 aliphatic rings. The molecule has 1 fully saturated rings. The molecule has 1 aromatic rings. The van der Waals surface area contributed by atoms with Crippen molar-refractivity contribution in [3.8, 4) is 0 Å². The van der Waals surface area contributed by atoms with Gasteiger partial charge in [-0.2, -0.15) is 0 Å². The van der Waals surface area contributed by atoms with Crippen molar-refractivity contribution in [3.05, 3.63) is 29.8 Å². The Bertz CT molecular complexity index is 419. The molecular formula is C18H30N2. The highest BCUT2D eigenvalue weighted by Crippen LogP contribution is 2.31. The quantitative estimate of drug-likeness (QED) is 0.771. The molecule has 0 aromatic heterocycles. The van der Waals surface area contributed by atoms with E-state index in [-0.39, 0.29) is 0 Å². The molecule has 0 bridgehead atoms. The molecule has 0 radical (unpaired) electrons. The fourth-order valence-corrected chi connectivity index (χ4v) is 3.01. The Morgan fingerprint density at radius 3 is 2.40 bits per heavy atom. The molecule has 2 heteroatoms. The van der Waals surface area contributed by atoms with Crippen molar-refractivity contribution in [1.29, 1.82) is 0 Å². The fourth-order valence-electron chi connectivity index (χ4n) is 3.01. The summed E-state index contributed by atoms with van der Waals surface area (Å²) < 4.78 is 0. The van der Waals surface area contributed by atoms with Crippen LogP contribution in [0.2, 0.25) is 0 Å². The lowest BCUT2D eigenvalue weighted by molar-refractivity contribution is 0.254. The standard InChI is InChI=1S/C18H30N2/c1-5-18(6-2,13-19-16-11-12-16)14-20(4)17-10-8-7-9-15(17)3/h7-10,16,19H,5-6,11-14H2,1-4H3. The molecule has 1 N–H and O–H groups in total. The number of benzene rings is 1. The number of hydrogen-bond donors (Lipinski definition) is 1. The second-order valence-corrected chi connectivity index (χ2v) is 6.50. The second kappa shape index (κ2) is 6.62. The average Bonchev–Trinajstić information content (AvgIpc) is 3.28. The minimum absolute atomic E-state index is 0.389. The summed E-state index contributed by atoms with van der Waals surface area (Å²) in [6.45, 7) is 9.16. The summed E-state index contributed by atoms with van der Waals surface area (Å²) in [5, 5.41) is 3.74. The van der Waals surface area contributed by atoms with Crippen molar-refractivity contribution < 1.29 is 0 Å². The van der Waals surface area contributed by atoms with Gasteiger partial charge in [0.15, 0.2) is 0 Å². The van der Waals surface area contributed by atoms with E-state index >= 15 is 0 Å². The first-order valence-corrected chi connectivity index (χ1v) is 8.10. The molecule has 0 atom stereocenters. The highest BCUT2D eigenvalue weighted by Gasteiger charge is 2.31. The Morgan fingerprint density at radius 2 is 1.85 bits per heavy atom. The van der Waals surface area contributed by atoms with E-state index in [1.165, 1.54) is 36.9 Å². The Labute approximate surface area is 124 Å². The number of hydrogen-bond acceptors (Lipinski definition) is 2. The van der Waals surface area contributed by atoms with Crippen LogP contribution in [0.15, 0.2) is 24.3 Å². The van der Waals surface area contributed by atoms with Gasteiger partial charge in [0, 0.05) is 31.9 Å². The minimum atomic E-state index is 0.389. The van der Waals surface area contributed by atoms with Gasteiger partial charge in [0.05, 0.1) is 0 Å². The van der Waals surface area contributed by atoms with E-state index in [2.05, 4.69) is 62.3 Å². The summed E-state index contributed by atoms with van der Waals surface area (Å²) in [5.41, 5.74) is 3.12. The molecule has 0 spiro atoms. The molecule has 112 valence electrons. The summed E-state index contributed by atoms with van der Waals surface area (Å²) in [6, 6.07) is 9.50. The maximum Gasteiger partial charge on any atom is 0.0393 e. The van der Waals surface area contributed by atoms with E-state index in [0.29, 0.717) is 5.41 Å². The van der Waals surface area contributed by atoms with E-state index in [1.54, 1.807) is 0 Å². The molecule has 0 aliphatic heterocycles. The van der Waals surface area contributed by atoms with Gasteiger partial charge >= 0.3 is 0 Å². The van der Waals surface area contributed by atoms with Crippen LogP contribution < -0.4 is 10.2 Å². The summed E-state index contributed by atoms with van der Waals surface area (Å²) in [4.78, 5) is 2.44. The molecule has 2 nitrogen and oxygen atoms in total. The Balaban J connectivity index is 2.04. The maximum atomic E-state index is 3.74. The largest absolute Gasteiger partial charge is 0.374 e. The first kappa shape index (κ1) is 15.4. The smallest absolute Gasteiger partial charge is 0.0393 e. The van der Waals surface area contributed by atoms with Gasteiger partial charge in [0.25, 0.3) is 0 Å². The van der Waals surface area contributed by atoms with Crippen LogP contribution in [-0.4, -0.2) is 26.2 Å². The van der Waals surface area contributed by atoms with Crippen molar-refractivity contribution >= 4 is 5.69 Å². The van der Waals surface area contributed by atoms with Crippen LogP contribution in [0.4, 0.5) is 5.69 Å². The first-order chi connectivity index (χ1) is 9.60. The Hall–Kier alpha value is -1.02. The number of nitrogens with zero attached hydrogens (tertiary/aromatic N) is 1. The molecule has 1 aliphatic carbocycles. The lowest BCUT2D eigenvalue weighted by Crippen LogP contribution is -2.43. The van der Waals surface area contributed by atoms with Crippen LogP contribution in [-0.2, 0) is 0 Å². The van der Waals surface area contributed by atoms with Crippen LogP contribution in [0.3, 0.4) is 0 Å². The maximum absolute atomic E-state index is 3.74. The first-order valence-electron chi connectivity index (χ1n) is 8.10. The fraction of sp³-hybridized carbons (Fsp3) is 0.667. The van der Waals surface area contributed by atoms with Gasteiger partial charge in [0.2, 0.25) is 0 Å². The lowest BCUT2D eigenvalue weighted by atomic mass is 9.81. The monoisotopic (exact) mass is 274 g/mol. The second-order valence-electron chi connectivity index (χ2n) is 6.50. The summed E-state index contributed by atoms with van der Waals surface area (Å²) >= 11 is 0. The van der Waals surface area contributed by atoms with Gasteiger partial charge in [0.1, 0.15) is 0 Å². The van der Waals surface area contributed by atoms with Crippen molar-refractivity contribution in [2.75, 3.05) is 25.0 Å². The van der Waals surface area contributed by atoms with Crippen LogP contribution in [0, 0.1) is 12.3 Å². The zero-order valence-corrected chi connectivity index (χ0v) is 13.6. The summed E-state index contributed by atoms with van der Waals surface area (Å²) in [6.07, 6.45) is 5.22. The third-order valence-corrected chi connectivity index (χ3v) is 4.94. The third kappa shape index (κ3) is 3.76. The van der Waals surface area contributed by atoms with Crippen molar-refractivity contribution in [3.63, 3.8) is 0 Å². The Morgan fingerprint density at radius 1 is 1.20 bits per heavy atom. The molecule has 0 heterocycles. The van der Waals surface area contributed by atoms with Crippen LogP contribution in [0.25, 0.3) is 0 Å². The molecule has 2 rings (SSSR count). The van der Waals surface area contributed by atoms with E-state index in [9.17, 15) is 0 Å². The number of aryl methyl sites for hydroxylation is 1. The molecular weight excluding hydrogens is 244 g/mol. The van der Waals surface area contributed by atoms with Crippen molar-refractivity contribution in [2.24, 2.45) is 5.41 Å². The van der Waals surface area contributed by atoms with E-state index < -0.39 is 0 Å². The van der Waals surface area contributed by atoms with Crippen LogP contribution in [0.1, 0.15) is 45.1 Å². The molecule has 0 unspecified atom stereocenters. The topological polar surface area (TPSA) is 15.3 Å². The average molecular weight is 274 g/mol. The van der Waals surface area contributed by atoms with Gasteiger partial charge in [-0.15, -0.1) is 0 Å². The predicted octanol–water partition coefficient (Wildman–Crippen LogP) is 3.99. The van der Waals surface area contributed by atoms with E-state index in [4.69, 9.17) is 0 Å². The predicted molar refractivity (Wildman–Crippen MR) is 88.5 cm³/mol. The normalized spacial score (nSPS) is 15.4. The molecule has 0 amide bonds. The van der Waals surface area contributed by atoms with Gasteiger partial charge in [-0.3, -0.25) is 0 Å². The van der Waals surface area contributed by atoms with Crippen LogP contribution in [0.5, 0.6) is 0 Å². The highest BCUT2D eigenvalue weighted by molar-refractivity contribution is 5.52. The third-order valence-electron chi connectivity index (χ3n) is 4.94. The molecule has 1 saturated carbocycles. The SMILES string of the molecule is CCC(CC)(CNC1CC1)CN(C)c1ccccc1C. The van der Waals surface area contributed by atoms with Gasteiger partial charge in [-0.05, 0) is 49.7 Å². The van der Waals surface area contributed by atoms with Gasteiger partial charge in [-0.25, -0.2) is 0 Å². The van der Waals surface area contributed by atoms with Crippen LogP contribution >= 0.6 is 0 Å². The Kier molecular flexibility index (Phi) is 5.09. The number of nitrogens with one attached hydrogen (secondary N) is 1. The van der Waals surface area contributed by atoms with E-state index in [1.807, 2.05) is 0 Å². The summed E-state index contributed by atoms with van der Waals surface area (Å²) in [7, 11) is 2.24. The molecule has 20 heavy (non-hydrogen) atoms. The van der Waals surface area contributed by atoms with E-state index in [0.717, 1.165) is 19.1 Å². The zero-order valence-electron chi connectivity index (χ0n) is 13.6. The molecule has 0 saturated heterocycles. The van der Waals surface area contributed by atoms with Gasteiger partial charge in [-0.1, -0.05) is 32.0 Å². The lowest BCUT2D eigenvalue weighted by Gasteiger charge is -2.37. The zero-order chi connectivity index (χ0) is 14.6. The number of rotatable bonds is 8. The minimum Gasteiger partial charge on any atom is -0.374 e.